The Balaban J connectivity index is 2.60. The number of halogens is 3. The van der Waals surface area contributed by atoms with Crippen molar-refractivity contribution in [3.8, 4) is 0 Å². The molecule has 92 valence electrons. The SMILES string of the molecule is O=C(O)c1cc(C(F)(F)F)nc2c1CSCC2. The third-order valence-electron chi connectivity index (χ3n) is 2.46. The molecule has 7 heteroatoms. The van der Waals surface area contributed by atoms with Crippen LogP contribution in [0.5, 0.6) is 0 Å². The van der Waals surface area contributed by atoms with Crippen LogP contribution < -0.4 is 0 Å². The number of nitrogens with zero attached hydrogens (tertiary/aromatic N) is 1. The molecule has 2 heterocycles. The van der Waals surface area contributed by atoms with Gasteiger partial charge in [-0.15, -0.1) is 0 Å². The summed E-state index contributed by atoms with van der Waals surface area (Å²) in [7, 11) is 0. The normalized spacial score (nSPS) is 15.5. The lowest BCUT2D eigenvalue weighted by molar-refractivity contribution is -0.141. The predicted molar refractivity (Wildman–Crippen MR) is 56.1 cm³/mol. The Labute approximate surface area is 99.0 Å². The quantitative estimate of drug-likeness (QED) is 0.846. The van der Waals surface area contributed by atoms with Gasteiger partial charge in [0.15, 0.2) is 0 Å². The number of carbonyl (C=O) groups is 1. The number of aryl methyl sites for hydroxylation is 1. The minimum absolute atomic E-state index is 0.260. The van der Waals surface area contributed by atoms with Gasteiger partial charge in [0, 0.05) is 11.4 Å². The fourth-order valence-corrected chi connectivity index (χ4v) is 2.68. The summed E-state index contributed by atoms with van der Waals surface area (Å²) in [5.41, 5.74) is -0.729. The topological polar surface area (TPSA) is 50.2 Å². The van der Waals surface area contributed by atoms with Crippen molar-refractivity contribution in [3.63, 3.8) is 0 Å². The van der Waals surface area contributed by atoms with Crippen LogP contribution in [0, 0.1) is 0 Å². The monoisotopic (exact) mass is 263 g/mol. The van der Waals surface area contributed by atoms with Gasteiger partial charge in [-0.05, 0) is 23.8 Å². The molecule has 0 fully saturated rings. The van der Waals surface area contributed by atoms with Gasteiger partial charge < -0.3 is 5.11 Å². The first-order chi connectivity index (χ1) is 7.89. The second-order valence-electron chi connectivity index (χ2n) is 3.59. The number of hydrogen-bond donors (Lipinski definition) is 1. The van der Waals surface area contributed by atoms with Gasteiger partial charge in [-0.25, -0.2) is 9.78 Å². The molecule has 1 aromatic heterocycles. The van der Waals surface area contributed by atoms with Crippen LogP contribution in [-0.2, 0) is 18.3 Å². The molecule has 0 spiro atoms. The Bertz CT molecular complexity index is 473. The van der Waals surface area contributed by atoms with E-state index in [0.29, 0.717) is 29.6 Å². The molecule has 1 aliphatic heterocycles. The number of rotatable bonds is 1. The fourth-order valence-electron chi connectivity index (χ4n) is 1.67. The van der Waals surface area contributed by atoms with Crippen LogP contribution in [0.1, 0.15) is 27.3 Å². The molecule has 0 aromatic carbocycles. The average Bonchev–Trinajstić information content (AvgIpc) is 2.26. The summed E-state index contributed by atoms with van der Waals surface area (Å²) in [5.74, 6) is -0.265. The summed E-state index contributed by atoms with van der Waals surface area (Å²) in [6.45, 7) is 0. The number of aromatic nitrogens is 1. The first kappa shape index (κ1) is 12.2. The lowest BCUT2D eigenvalue weighted by atomic mass is 10.0. The van der Waals surface area contributed by atoms with Crippen molar-refractivity contribution < 1.29 is 23.1 Å². The van der Waals surface area contributed by atoms with E-state index in [0.717, 1.165) is 0 Å². The molecule has 0 saturated carbocycles. The van der Waals surface area contributed by atoms with Crippen molar-refractivity contribution in [3.05, 3.63) is 28.6 Å². The van der Waals surface area contributed by atoms with Crippen LogP contribution in [0.4, 0.5) is 13.2 Å². The number of aromatic carboxylic acids is 1. The number of alkyl halides is 3. The first-order valence-electron chi connectivity index (χ1n) is 4.80. The van der Waals surface area contributed by atoms with E-state index in [1.54, 1.807) is 0 Å². The molecule has 0 unspecified atom stereocenters. The van der Waals surface area contributed by atoms with Crippen molar-refractivity contribution in [2.45, 2.75) is 18.3 Å². The van der Waals surface area contributed by atoms with Crippen molar-refractivity contribution in [2.75, 3.05) is 5.75 Å². The highest BCUT2D eigenvalue weighted by Gasteiger charge is 2.35. The van der Waals surface area contributed by atoms with E-state index >= 15 is 0 Å². The summed E-state index contributed by atoms with van der Waals surface area (Å²) < 4.78 is 37.6. The maximum absolute atomic E-state index is 12.5. The minimum Gasteiger partial charge on any atom is -0.478 e. The molecule has 0 bridgehead atoms. The Kier molecular flexibility index (Phi) is 3.03. The van der Waals surface area contributed by atoms with Gasteiger partial charge in [0.2, 0.25) is 0 Å². The van der Waals surface area contributed by atoms with Gasteiger partial charge >= 0.3 is 12.1 Å². The molecule has 1 aliphatic rings. The summed E-state index contributed by atoms with van der Waals surface area (Å²) >= 11 is 1.50. The third kappa shape index (κ3) is 2.38. The molecule has 0 saturated heterocycles. The number of pyridine rings is 1. The van der Waals surface area contributed by atoms with Crippen molar-refractivity contribution >= 4 is 17.7 Å². The number of hydrogen-bond acceptors (Lipinski definition) is 3. The molecule has 0 radical (unpaired) electrons. The largest absolute Gasteiger partial charge is 0.478 e. The van der Waals surface area contributed by atoms with Crippen LogP contribution in [0.2, 0.25) is 0 Å². The van der Waals surface area contributed by atoms with Gasteiger partial charge in [-0.3, -0.25) is 0 Å². The molecule has 1 N–H and O–H groups in total. The Morgan fingerprint density at radius 1 is 1.47 bits per heavy atom. The fraction of sp³-hybridized carbons (Fsp3) is 0.400. The first-order valence-corrected chi connectivity index (χ1v) is 5.96. The maximum Gasteiger partial charge on any atom is 0.433 e. The second kappa shape index (κ2) is 4.21. The molecular formula is C10H8F3NO2S. The van der Waals surface area contributed by atoms with Crippen LogP contribution in [0.3, 0.4) is 0 Å². The van der Waals surface area contributed by atoms with Crippen LogP contribution in [0.15, 0.2) is 6.07 Å². The van der Waals surface area contributed by atoms with Crippen LogP contribution in [0.25, 0.3) is 0 Å². The number of carboxylic acid groups (broad SMARTS) is 1. The van der Waals surface area contributed by atoms with Gasteiger partial charge in [0.25, 0.3) is 0 Å². The van der Waals surface area contributed by atoms with Gasteiger partial charge in [-0.2, -0.15) is 24.9 Å². The van der Waals surface area contributed by atoms with E-state index < -0.39 is 17.8 Å². The highest BCUT2D eigenvalue weighted by atomic mass is 32.2. The summed E-state index contributed by atoms with van der Waals surface area (Å²) in [6, 6.07) is 0.618. The lowest BCUT2D eigenvalue weighted by Crippen LogP contribution is -2.18. The summed E-state index contributed by atoms with van der Waals surface area (Å²) in [4.78, 5) is 14.5. The van der Waals surface area contributed by atoms with Gasteiger partial charge in [0.05, 0.1) is 5.56 Å². The van der Waals surface area contributed by atoms with Gasteiger partial charge in [0.1, 0.15) is 5.69 Å². The zero-order chi connectivity index (χ0) is 12.6. The highest BCUT2D eigenvalue weighted by molar-refractivity contribution is 7.98. The average molecular weight is 263 g/mol. The predicted octanol–water partition coefficient (Wildman–Crippen LogP) is 2.59. The number of fused-ring (bicyclic) bond motifs is 1. The molecule has 0 aliphatic carbocycles. The molecule has 2 rings (SSSR count). The Morgan fingerprint density at radius 2 is 2.18 bits per heavy atom. The van der Waals surface area contributed by atoms with Crippen molar-refractivity contribution in [1.82, 2.24) is 4.98 Å². The summed E-state index contributed by atoms with van der Waals surface area (Å²) in [5, 5.41) is 8.93. The molecule has 17 heavy (non-hydrogen) atoms. The molecular weight excluding hydrogens is 255 g/mol. The van der Waals surface area contributed by atoms with E-state index in [9.17, 15) is 18.0 Å². The van der Waals surface area contributed by atoms with E-state index in [4.69, 9.17) is 5.11 Å². The van der Waals surface area contributed by atoms with Crippen LogP contribution in [-0.4, -0.2) is 21.8 Å². The van der Waals surface area contributed by atoms with Gasteiger partial charge in [-0.1, -0.05) is 0 Å². The summed E-state index contributed by atoms with van der Waals surface area (Å²) in [6.07, 6.45) is -4.23. The van der Waals surface area contributed by atoms with E-state index in [1.807, 2.05) is 0 Å². The minimum atomic E-state index is -4.61. The zero-order valence-electron chi connectivity index (χ0n) is 8.54. The Hall–Kier alpha value is -1.24. The Morgan fingerprint density at radius 3 is 2.76 bits per heavy atom. The van der Waals surface area contributed by atoms with Crippen molar-refractivity contribution in [2.24, 2.45) is 0 Å². The highest BCUT2D eigenvalue weighted by Crippen LogP contribution is 2.33. The number of thioether (sulfide) groups is 1. The zero-order valence-corrected chi connectivity index (χ0v) is 9.36. The third-order valence-corrected chi connectivity index (χ3v) is 3.45. The van der Waals surface area contributed by atoms with E-state index in [1.165, 1.54) is 11.8 Å². The van der Waals surface area contributed by atoms with Crippen molar-refractivity contribution in [1.29, 1.82) is 0 Å². The second-order valence-corrected chi connectivity index (χ2v) is 4.69. The van der Waals surface area contributed by atoms with E-state index in [2.05, 4.69) is 4.98 Å². The van der Waals surface area contributed by atoms with E-state index in [-0.39, 0.29) is 11.3 Å². The molecule has 1 aromatic rings. The molecule has 3 nitrogen and oxygen atoms in total. The standard InChI is InChI=1S/C10H8F3NO2S/c11-10(12,13)8-3-5(9(15)16)6-4-17-2-1-7(6)14-8/h3H,1-2,4H2,(H,15,16). The maximum atomic E-state index is 12.5. The lowest BCUT2D eigenvalue weighted by Gasteiger charge is -2.18. The number of carboxylic acids is 1. The van der Waals surface area contributed by atoms with Crippen LogP contribution >= 0.6 is 11.8 Å². The smallest absolute Gasteiger partial charge is 0.433 e. The molecule has 0 atom stereocenters. The molecule has 0 amide bonds.